The summed E-state index contributed by atoms with van der Waals surface area (Å²) in [6.45, 7) is 7.30. The van der Waals surface area contributed by atoms with Crippen LogP contribution in [0.1, 0.15) is 44.0 Å². The molecular weight excluding hydrogens is 256 g/mol. The van der Waals surface area contributed by atoms with Gasteiger partial charge in [-0.25, -0.2) is 0 Å². The van der Waals surface area contributed by atoms with Crippen LogP contribution in [-0.4, -0.2) is 25.6 Å². The number of rotatable bonds is 8. The summed E-state index contributed by atoms with van der Waals surface area (Å²) in [4.78, 5) is 12.5. The smallest absolute Gasteiger partial charge is 0.173 e. The number of ketones is 1. The van der Waals surface area contributed by atoms with Crippen molar-refractivity contribution >= 4 is 5.78 Å². The molecule has 1 aromatic rings. The SMILES string of the molecule is CCOc1cc(OCC)c(C(=O)C2CC2)c(OCC)c1. The third-order valence-corrected chi connectivity index (χ3v) is 3.14. The minimum Gasteiger partial charge on any atom is -0.494 e. The molecule has 0 atom stereocenters. The monoisotopic (exact) mass is 278 g/mol. The van der Waals surface area contributed by atoms with Gasteiger partial charge < -0.3 is 14.2 Å². The van der Waals surface area contributed by atoms with Gasteiger partial charge in [0, 0.05) is 18.1 Å². The number of Topliss-reactive ketones (excluding diaryl/α,β-unsaturated/α-hetero) is 1. The van der Waals surface area contributed by atoms with Gasteiger partial charge in [-0.05, 0) is 33.6 Å². The Morgan fingerprint density at radius 1 is 1.00 bits per heavy atom. The lowest BCUT2D eigenvalue weighted by Gasteiger charge is -2.16. The molecule has 0 unspecified atom stereocenters. The molecular formula is C16H22O4. The van der Waals surface area contributed by atoms with Crippen molar-refractivity contribution in [2.45, 2.75) is 33.6 Å². The first kappa shape index (κ1) is 14.7. The third kappa shape index (κ3) is 3.24. The van der Waals surface area contributed by atoms with Crippen LogP contribution in [0.2, 0.25) is 0 Å². The maximum absolute atomic E-state index is 12.5. The fourth-order valence-corrected chi connectivity index (χ4v) is 2.15. The topological polar surface area (TPSA) is 44.8 Å². The molecule has 1 aliphatic carbocycles. The number of hydrogen-bond acceptors (Lipinski definition) is 4. The number of benzene rings is 1. The second kappa shape index (κ2) is 6.64. The van der Waals surface area contributed by atoms with Crippen molar-refractivity contribution in [2.75, 3.05) is 19.8 Å². The number of carbonyl (C=O) groups is 1. The molecule has 0 spiro atoms. The lowest BCUT2D eigenvalue weighted by Crippen LogP contribution is -2.10. The normalized spacial score (nSPS) is 13.9. The van der Waals surface area contributed by atoms with E-state index in [1.807, 2.05) is 20.8 Å². The van der Waals surface area contributed by atoms with Crippen LogP contribution in [0.5, 0.6) is 17.2 Å². The maximum atomic E-state index is 12.5. The quantitative estimate of drug-likeness (QED) is 0.683. The van der Waals surface area contributed by atoms with Gasteiger partial charge in [0.25, 0.3) is 0 Å². The average Bonchev–Trinajstić information content (AvgIpc) is 3.23. The van der Waals surface area contributed by atoms with Crippen LogP contribution in [0.25, 0.3) is 0 Å². The summed E-state index contributed by atoms with van der Waals surface area (Å²) in [6, 6.07) is 3.57. The molecule has 4 heteroatoms. The van der Waals surface area contributed by atoms with E-state index in [1.165, 1.54) is 0 Å². The number of hydrogen-bond donors (Lipinski definition) is 0. The number of carbonyl (C=O) groups excluding carboxylic acids is 1. The fourth-order valence-electron chi connectivity index (χ4n) is 2.15. The molecule has 1 saturated carbocycles. The van der Waals surface area contributed by atoms with Crippen LogP contribution in [0.3, 0.4) is 0 Å². The Morgan fingerprint density at radius 3 is 1.90 bits per heavy atom. The lowest BCUT2D eigenvalue weighted by molar-refractivity contribution is 0.0959. The summed E-state index contributed by atoms with van der Waals surface area (Å²) in [5.74, 6) is 2.07. The summed E-state index contributed by atoms with van der Waals surface area (Å²) in [5.41, 5.74) is 0.569. The Hall–Kier alpha value is -1.71. The van der Waals surface area contributed by atoms with E-state index in [0.717, 1.165) is 12.8 Å². The highest BCUT2D eigenvalue weighted by atomic mass is 16.5. The van der Waals surface area contributed by atoms with Crippen LogP contribution in [0, 0.1) is 5.92 Å². The maximum Gasteiger partial charge on any atom is 0.173 e. The van der Waals surface area contributed by atoms with Gasteiger partial charge in [0.15, 0.2) is 5.78 Å². The molecule has 0 aromatic heterocycles. The van der Waals surface area contributed by atoms with Crippen molar-refractivity contribution in [3.05, 3.63) is 17.7 Å². The van der Waals surface area contributed by atoms with E-state index < -0.39 is 0 Å². The van der Waals surface area contributed by atoms with Gasteiger partial charge in [0.2, 0.25) is 0 Å². The van der Waals surface area contributed by atoms with E-state index in [-0.39, 0.29) is 11.7 Å². The van der Waals surface area contributed by atoms with Crippen molar-refractivity contribution in [1.29, 1.82) is 0 Å². The first-order chi connectivity index (χ1) is 9.71. The molecule has 110 valence electrons. The zero-order valence-corrected chi connectivity index (χ0v) is 12.4. The van der Waals surface area contributed by atoms with Crippen LogP contribution >= 0.6 is 0 Å². The Morgan fingerprint density at radius 2 is 1.50 bits per heavy atom. The minimum atomic E-state index is 0.125. The molecule has 0 saturated heterocycles. The van der Waals surface area contributed by atoms with Crippen molar-refractivity contribution in [2.24, 2.45) is 5.92 Å². The summed E-state index contributed by atoms with van der Waals surface area (Å²) in [6.07, 6.45) is 1.92. The third-order valence-electron chi connectivity index (χ3n) is 3.14. The zero-order valence-electron chi connectivity index (χ0n) is 12.4. The zero-order chi connectivity index (χ0) is 14.5. The van der Waals surface area contributed by atoms with Gasteiger partial charge in [-0.15, -0.1) is 0 Å². The lowest BCUT2D eigenvalue weighted by atomic mass is 10.0. The van der Waals surface area contributed by atoms with Crippen molar-refractivity contribution in [3.8, 4) is 17.2 Å². The molecule has 0 aliphatic heterocycles. The van der Waals surface area contributed by atoms with Crippen molar-refractivity contribution in [1.82, 2.24) is 0 Å². The van der Waals surface area contributed by atoms with Crippen molar-refractivity contribution in [3.63, 3.8) is 0 Å². The molecule has 2 rings (SSSR count). The molecule has 1 aromatic carbocycles. The van der Waals surface area contributed by atoms with E-state index >= 15 is 0 Å². The average molecular weight is 278 g/mol. The highest BCUT2D eigenvalue weighted by Gasteiger charge is 2.34. The highest BCUT2D eigenvalue weighted by Crippen LogP contribution is 2.41. The van der Waals surface area contributed by atoms with Crippen LogP contribution in [0.15, 0.2) is 12.1 Å². The van der Waals surface area contributed by atoms with E-state index in [0.29, 0.717) is 42.6 Å². The summed E-state index contributed by atoms with van der Waals surface area (Å²) >= 11 is 0. The van der Waals surface area contributed by atoms with Gasteiger partial charge in [-0.2, -0.15) is 0 Å². The molecule has 1 aliphatic rings. The molecule has 0 N–H and O–H groups in total. The Balaban J connectivity index is 2.44. The van der Waals surface area contributed by atoms with Gasteiger partial charge in [0.05, 0.1) is 19.8 Å². The highest BCUT2D eigenvalue weighted by molar-refractivity contribution is 6.04. The molecule has 0 bridgehead atoms. The predicted molar refractivity (Wildman–Crippen MR) is 77.0 cm³/mol. The van der Waals surface area contributed by atoms with E-state index in [1.54, 1.807) is 12.1 Å². The molecule has 1 fully saturated rings. The van der Waals surface area contributed by atoms with Gasteiger partial charge in [0.1, 0.15) is 22.8 Å². The van der Waals surface area contributed by atoms with Crippen molar-refractivity contribution < 1.29 is 19.0 Å². The van der Waals surface area contributed by atoms with Crippen LogP contribution in [0.4, 0.5) is 0 Å². The molecule has 4 nitrogen and oxygen atoms in total. The van der Waals surface area contributed by atoms with Gasteiger partial charge >= 0.3 is 0 Å². The first-order valence-electron chi connectivity index (χ1n) is 7.31. The summed E-state index contributed by atoms with van der Waals surface area (Å²) in [7, 11) is 0. The summed E-state index contributed by atoms with van der Waals surface area (Å²) in [5, 5.41) is 0. The Bertz CT molecular complexity index is 450. The first-order valence-corrected chi connectivity index (χ1v) is 7.31. The minimum absolute atomic E-state index is 0.125. The molecule has 0 radical (unpaired) electrons. The van der Waals surface area contributed by atoms with Crippen LogP contribution < -0.4 is 14.2 Å². The summed E-state index contributed by atoms with van der Waals surface area (Å²) < 4.78 is 16.8. The van der Waals surface area contributed by atoms with E-state index in [4.69, 9.17) is 14.2 Å². The second-order valence-electron chi connectivity index (χ2n) is 4.73. The standard InChI is InChI=1S/C16H22O4/c1-4-18-12-9-13(19-5-2)15(14(10-12)20-6-3)16(17)11-7-8-11/h9-11H,4-8H2,1-3H3. The Labute approximate surface area is 120 Å². The fraction of sp³-hybridized carbons (Fsp3) is 0.562. The largest absolute Gasteiger partial charge is 0.494 e. The molecule has 0 heterocycles. The Kier molecular flexibility index (Phi) is 4.88. The molecule has 20 heavy (non-hydrogen) atoms. The second-order valence-corrected chi connectivity index (χ2v) is 4.73. The number of ether oxygens (including phenoxy) is 3. The van der Waals surface area contributed by atoms with E-state index in [2.05, 4.69) is 0 Å². The van der Waals surface area contributed by atoms with E-state index in [9.17, 15) is 4.79 Å². The van der Waals surface area contributed by atoms with Crippen LogP contribution in [-0.2, 0) is 0 Å². The predicted octanol–water partition coefficient (Wildman–Crippen LogP) is 3.48. The van der Waals surface area contributed by atoms with Gasteiger partial charge in [-0.1, -0.05) is 0 Å². The molecule has 0 amide bonds. The van der Waals surface area contributed by atoms with Gasteiger partial charge in [-0.3, -0.25) is 4.79 Å².